The molecule has 0 aliphatic rings. The Kier molecular flexibility index (Phi) is 8.13. The van der Waals surface area contributed by atoms with Crippen molar-refractivity contribution < 1.29 is 34.0 Å². The van der Waals surface area contributed by atoms with Crippen LogP contribution in [-0.2, 0) is 45.3 Å². The Labute approximate surface area is 210 Å². The molecule has 3 heteroatoms. The van der Waals surface area contributed by atoms with Gasteiger partial charge in [-0.2, -0.15) is 0 Å². The topological polar surface area (TPSA) is 18.5 Å². The molecule has 164 valence electrons. The van der Waals surface area contributed by atoms with Crippen LogP contribution in [0, 0.1) is 0 Å². The van der Waals surface area contributed by atoms with Gasteiger partial charge in [-0.15, -0.1) is 0 Å². The Hall–Kier alpha value is -2.26. The van der Waals surface area contributed by atoms with E-state index in [-0.39, 0.29) is 0 Å². The molecule has 0 aromatic heterocycles. The monoisotopic (exact) mass is 624 g/mol. The zero-order chi connectivity index (χ0) is 23.0. The summed E-state index contributed by atoms with van der Waals surface area (Å²) >= 11 is -1.58. The van der Waals surface area contributed by atoms with Crippen molar-refractivity contribution in [3.8, 4) is 0 Å². The van der Waals surface area contributed by atoms with Crippen LogP contribution in [0.3, 0.4) is 0 Å². The van der Waals surface area contributed by atoms with Crippen molar-refractivity contribution in [2.45, 2.75) is 19.1 Å². The third kappa shape index (κ3) is 4.99. The van der Waals surface area contributed by atoms with Crippen molar-refractivity contribution >= 4 is 0 Å². The van der Waals surface area contributed by atoms with Gasteiger partial charge in [-0.1, -0.05) is 0 Å². The van der Waals surface area contributed by atoms with E-state index in [1.54, 1.807) is 0 Å². The summed E-state index contributed by atoms with van der Waals surface area (Å²) in [5.41, 5.74) is 4.05. The van der Waals surface area contributed by atoms with Crippen LogP contribution in [-0.4, -0.2) is 14.2 Å². The molecule has 4 rings (SSSR count). The van der Waals surface area contributed by atoms with Crippen LogP contribution < -0.4 is 0 Å². The van der Waals surface area contributed by atoms with E-state index in [4.69, 9.17) is 9.47 Å². The number of ether oxygens (including phenoxy) is 2. The van der Waals surface area contributed by atoms with Gasteiger partial charge in [-0.25, -0.2) is 0 Å². The van der Waals surface area contributed by atoms with E-state index in [1.165, 1.54) is 22.3 Å². The summed E-state index contributed by atoms with van der Waals surface area (Å²) in [6, 6.07) is 42.7. The fourth-order valence-electron chi connectivity index (χ4n) is 5.00. The molecule has 4 aromatic carbocycles. The van der Waals surface area contributed by atoms with Crippen molar-refractivity contribution in [2.24, 2.45) is 0 Å². The second-order valence-electron chi connectivity index (χ2n) is 8.38. The predicted octanol–water partition coefficient (Wildman–Crippen LogP) is 7.09. The maximum absolute atomic E-state index is 6.38. The first-order valence-corrected chi connectivity index (χ1v) is 19.3. The van der Waals surface area contributed by atoms with Crippen molar-refractivity contribution in [3.63, 3.8) is 0 Å². The molecule has 2 nitrogen and oxygen atoms in total. The van der Waals surface area contributed by atoms with Gasteiger partial charge in [-0.05, 0) is 0 Å². The Balaban J connectivity index is 1.70. The van der Waals surface area contributed by atoms with E-state index >= 15 is 0 Å². The number of methoxy groups -OCH3 is 2. The molecule has 0 aliphatic heterocycles. The maximum atomic E-state index is 6.38. The van der Waals surface area contributed by atoms with Gasteiger partial charge >= 0.3 is 211 Å². The average molecular weight is 623 g/mol. The van der Waals surface area contributed by atoms with E-state index in [2.05, 4.69) is 121 Å². The zero-order valence-corrected chi connectivity index (χ0v) is 25.0. The van der Waals surface area contributed by atoms with Gasteiger partial charge in [-0.3, -0.25) is 0 Å². The second-order valence-corrected chi connectivity index (χ2v) is 15.0. The number of benzene rings is 4. The van der Waals surface area contributed by atoms with Crippen LogP contribution in [0.25, 0.3) is 0 Å². The molecule has 0 amide bonds. The molecule has 0 bridgehead atoms. The molecule has 0 saturated heterocycles. The van der Waals surface area contributed by atoms with E-state index in [1.807, 2.05) is 14.2 Å². The van der Waals surface area contributed by atoms with Gasteiger partial charge in [0.25, 0.3) is 0 Å². The molecule has 33 heavy (non-hydrogen) atoms. The molecular formula is C30H30HgO2. The molecule has 0 aliphatic carbocycles. The molecule has 0 atom stereocenters. The normalized spacial score (nSPS) is 11.7. The molecule has 4 aromatic rings. The third-order valence-electron chi connectivity index (χ3n) is 6.72. The van der Waals surface area contributed by atoms with Crippen molar-refractivity contribution in [1.82, 2.24) is 0 Å². The van der Waals surface area contributed by atoms with Crippen molar-refractivity contribution in [2.75, 3.05) is 14.2 Å². The summed E-state index contributed by atoms with van der Waals surface area (Å²) in [4.78, 5) is 0. The summed E-state index contributed by atoms with van der Waals surface area (Å²) in [7, 11) is 3.71. The minimum atomic E-state index is -1.58. The van der Waals surface area contributed by atoms with Gasteiger partial charge < -0.3 is 0 Å². The summed E-state index contributed by atoms with van der Waals surface area (Å²) < 4.78 is 14.9. The summed E-state index contributed by atoms with van der Waals surface area (Å²) in [6.07, 6.45) is 0. The van der Waals surface area contributed by atoms with Crippen molar-refractivity contribution in [1.29, 1.82) is 0 Å². The molecule has 0 fully saturated rings. The van der Waals surface area contributed by atoms with E-state index in [0.717, 1.165) is 7.86 Å². The fourth-order valence-corrected chi connectivity index (χ4v) is 15.6. The quantitative estimate of drug-likeness (QED) is 0.176. The molecule has 0 radical (unpaired) electrons. The predicted molar refractivity (Wildman–Crippen MR) is 131 cm³/mol. The van der Waals surface area contributed by atoms with Crippen LogP contribution in [0.4, 0.5) is 0 Å². The Bertz CT molecular complexity index is 929. The van der Waals surface area contributed by atoms with E-state index < -0.39 is 35.8 Å². The first kappa shape index (κ1) is 23.9. The van der Waals surface area contributed by atoms with Gasteiger partial charge in [0.05, 0.1) is 0 Å². The van der Waals surface area contributed by atoms with Crippen molar-refractivity contribution in [3.05, 3.63) is 144 Å². The standard InChI is InChI=1S/2C15H15O.Hg/c2*1-15(16-2,13-9-5-3-6-10-13)14-11-7-4-8-12-14;/h2*3-12H,1H2,2H3;. The number of rotatable bonds is 10. The number of hydrogen-bond acceptors (Lipinski definition) is 2. The Morgan fingerprint density at radius 2 is 0.697 bits per heavy atom. The molecule has 0 spiro atoms. The molecule has 0 N–H and O–H groups in total. The van der Waals surface area contributed by atoms with Crippen LogP contribution in [0.15, 0.2) is 121 Å². The first-order valence-electron chi connectivity index (χ1n) is 11.6. The number of hydrogen-bond donors (Lipinski definition) is 0. The van der Waals surface area contributed by atoms with E-state index in [0.29, 0.717) is 0 Å². The summed E-state index contributed by atoms with van der Waals surface area (Å²) in [5, 5.41) is 0. The average Bonchev–Trinajstić information content (AvgIpc) is 2.91. The Morgan fingerprint density at radius 1 is 0.455 bits per heavy atom. The van der Waals surface area contributed by atoms with Crippen LogP contribution in [0.1, 0.15) is 22.3 Å². The second kappa shape index (κ2) is 11.2. The first-order chi connectivity index (χ1) is 16.2. The molecular weight excluding hydrogens is 593 g/mol. The van der Waals surface area contributed by atoms with Gasteiger partial charge in [0.2, 0.25) is 0 Å². The van der Waals surface area contributed by atoms with E-state index in [9.17, 15) is 0 Å². The van der Waals surface area contributed by atoms with Gasteiger partial charge in [0.1, 0.15) is 0 Å². The van der Waals surface area contributed by atoms with Crippen LogP contribution in [0.5, 0.6) is 0 Å². The summed E-state index contributed by atoms with van der Waals surface area (Å²) in [6.45, 7) is 0. The van der Waals surface area contributed by atoms with Crippen LogP contribution >= 0.6 is 0 Å². The fraction of sp³-hybridized carbons (Fsp3) is 0.200. The van der Waals surface area contributed by atoms with Gasteiger partial charge in [0.15, 0.2) is 0 Å². The van der Waals surface area contributed by atoms with Gasteiger partial charge in [0, 0.05) is 0 Å². The Morgan fingerprint density at radius 3 is 0.909 bits per heavy atom. The SMILES string of the molecule is COC([CH2][Hg][CH2]C(OC)(c1ccccc1)c1ccccc1)(c1ccccc1)c1ccccc1. The summed E-state index contributed by atoms with van der Waals surface area (Å²) in [5.74, 6) is 0. The molecule has 0 heterocycles. The zero-order valence-electron chi connectivity index (χ0n) is 19.5. The molecule has 0 unspecified atom stereocenters. The molecule has 0 saturated carbocycles. The minimum absolute atomic E-state index is 0.420. The van der Waals surface area contributed by atoms with Crippen LogP contribution in [0.2, 0.25) is 7.86 Å². The third-order valence-corrected chi connectivity index (χ3v) is 14.9.